The SMILES string of the molecule is CCOC(=O)CN1C(=O)[C@@](O)(CC(=O)c2ccc3c(c2)OCO3)c2ccccc21. The average Bonchev–Trinajstić information content (AvgIpc) is 3.26. The van der Waals surface area contributed by atoms with Crippen molar-refractivity contribution in [2.24, 2.45) is 0 Å². The van der Waals surface area contributed by atoms with Crippen molar-refractivity contribution in [1.82, 2.24) is 0 Å². The summed E-state index contributed by atoms with van der Waals surface area (Å²) in [4.78, 5) is 39.0. The number of ketones is 1. The Labute approximate surface area is 166 Å². The molecule has 8 heteroatoms. The average molecular weight is 397 g/mol. The summed E-state index contributed by atoms with van der Waals surface area (Å²) in [5.41, 5.74) is -1.12. The minimum Gasteiger partial charge on any atom is -0.465 e. The minimum absolute atomic E-state index is 0.0750. The number of amides is 1. The van der Waals surface area contributed by atoms with Gasteiger partial charge in [0, 0.05) is 11.1 Å². The Morgan fingerprint density at radius 1 is 1.17 bits per heavy atom. The van der Waals surface area contributed by atoms with Gasteiger partial charge < -0.3 is 19.3 Å². The molecule has 0 saturated heterocycles. The van der Waals surface area contributed by atoms with E-state index in [-0.39, 0.29) is 31.1 Å². The standard InChI is InChI=1S/C21H19NO7/c1-2-27-19(24)11-22-15-6-4-3-5-14(15)21(26,20(22)25)10-16(23)13-7-8-17-18(9-13)29-12-28-17/h3-9,26H,2,10-12H2,1H3/t21-/m1/s1. The Morgan fingerprint density at radius 3 is 2.72 bits per heavy atom. The summed E-state index contributed by atoms with van der Waals surface area (Å²) in [6, 6.07) is 11.2. The third-order valence-corrected chi connectivity index (χ3v) is 4.94. The lowest BCUT2D eigenvalue weighted by Crippen LogP contribution is -2.44. The molecule has 1 atom stereocenters. The first kappa shape index (κ1) is 18.9. The van der Waals surface area contributed by atoms with E-state index >= 15 is 0 Å². The first-order valence-corrected chi connectivity index (χ1v) is 9.16. The lowest BCUT2D eigenvalue weighted by Gasteiger charge is -2.22. The van der Waals surface area contributed by atoms with Gasteiger partial charge in [-0.05, 0) is 31.2 Å². The molecule has 29 heavy (non-hydrogen) atoms. The van der Waals surface area contributed by atoms with Crippen LogP contribution in [0.4, 0.5) is 5.69 Å². The minimum atomic E-state index is -2.07. The molecule has 0 bridgehead atoms. The molecule has 2 aromatic rings. The predicted molar refractivity (Wildman–Crippen MR) is 101 cm³/mol. The fourth-order valence-electron chi connectivity index (χ4n) is 3.57. The van der Waals surface area contributed by atoms with E-state index in [1.807, 2.05) is 0 Å². The molecule has 0 saturated carbocycles. The van der Waals surface area contributed by atoms with Crippen LogP contribution in [0.15, 0.2) is 42.5 Å². The number of hydrogen-bond acceptors (Lipinski definition) is 7. The maximum Gasteiger partial charge on any atom is 0.326 e. The molecule has 2 heterocycles. The smallest absolute Gasteiger partial charge is 0.326 e. The van der Waals surface area contributed by atoms with Crippen molar-refractivity contribution in [2.45, 2.75) is 18.9 Å². The Morgan fingerprint density at radius 2 is 1.93 bits per heavy atom. The van der Waals surface area contributed by atoms with Gasteiger partial charge in [0.2, 0.25) is 6.79 Å². The fraction of sp³-hybridized carbons (Fsp3) is 0.286. The number of carbonyl (C=O) groups excluding carboxylic acids is 3. The molecule has 0 aliphatic carbocycles. The van der Waals surface area contributed by atoms with Gasteiger partial charge in [0.05, 0.1) is 18.7 Å². The predicted octanol–water partition coefficient (Wildman–Crippen LogP) is 1.79. The summed E-state index contributed by atoms with van der Waals surface area (Å²) in [7, 11) is 0. The molecule has 0 radical (unpaired) electrons. The van der Waals surface area contributed by atoms with E-state index in [0.717, 1.165) is 4.90 Å². The van der Waals surface area contributed by atoms with Crippen LogP contribution in [0, 0.1) is 0 Å². The Bertz CT molecular complexity index is 1000. The monoisotopic (exact) mass is 397 g/mol. The van der Waals surface area contributed by atoms with E-state index in [0.29, 0.717) is 17.2 Å². The molecule has 0 spiro atoms. The maximum atomic E-state index is 13.0. The Kier molecular flexibility index (Phi) is 4.71. The molecular formula is C21H19NO7. The van der Waals surface area contributed by atoms with Crippen molar-refractivity contribution < 1.29 is 33.7 Å². The lowest BCUT2D eigenvalue weighted by atomic mass is 9.88. The largest absolute Gasteiger partial charge is 0.465 e. The first-order valence-electron chi connectivity index (χ1n) is 9.16. The van der Waals surface area contributed by atoms with Crippen LogP contribution in [-0.4, -0.2) is 42.7 Å². The van der Waals surface area contributed by atoms with E-state index < -0.39 is 29.7 Å². The molecule has 2 aliphatic rings. The number of para-hydroxylation sites is 1. The number of benzene rings is 2. The molecule has 8 nitrogen and oxygen atoms in total. The Hall–Kier alpha value is -3.39. The van der Waals surface area contributed by atoms with Crippen LogP contribution in [0.5, 0.6) is 11.5 Å². The van der Waals surface area contributed by atoms with Crippen molar-refractivity contribution >= 4 is 23.3 Å². The number of ether oxygens (including phenoxy) is 3. The number of fused-ring (bicyclic) bond motifs is 2. The molecule has 150 valence electrons. The van der Waals surface area contributed by atoms with Crippen LogP contribution < -0.4 is 14.4 Å². The van der Waals surface area contributed by atoms with E-state index in [9.17, 15) is 19.5 Å². The van der Waals surface area contributed by atoms with Gasteiger partial charge in [-0.3, -0.25) is 19.3 Å². The zero-order chi connectivity index (χ0) is 20.6. The summed E-state index contributed by atoms with van der Waals surface area (Å²) < 4.78 is 15.4. The number of Topliss-reactive ketones (excluding diaryl/α,β-unsaturated/α-hetero) is 1. The third kappa shape index (κ3) is 3.21. The molecule has 0 aromatic heterocycles. The number of anilines is 1. The second-order valence-electron chi connectivity index (χ2n) is 6.74. The number of nitrogens with zero attached hydrogens (tertiary/aromatic N) is 1. The van der Waals surface area contributed by atoms with Crippen LogP contribution in [0.2, 0.25) is 0 Å². The molecule has 0 unspecified atom stereocenters. The molecule has 2 aromatic carbocycles. The van der Waals surface area contributed by atoms with E-state index in [1.165, 1.54) is 6.07 Å². The molecule has 0 fully saturated rings. The highest BCUT2D eigenvalue weighted by Gasteiger charge is 2.51. The van der Waals surface area contributed by atoms with Crippen molar-refractivity contribution in [2.75, 3.05) is 24.8 Å². The number of aliphatic hydroxyl groups is 1. The van der Waals surface area contributed by atoms with Crippen molar-refractivity contribution in [3.8, 4) is 11.5 Å². The lowest BCUT2D eigenvalue weighted by molar-refractivity contribution is -0.144. The van der Waals surface area contributed by atoms with Crippen LogP contribution in [0.1, 0.15) is 29.3 Å². The number of hydrogen-bond donors (Lipinski definition) is 1. The van der Waals surface area contributed by atoms with Gasteiger partial charge in [-0.25, -0.2) is 0 Å². The zero-order valence-corrected chi connectivity index (χ0v) is 15.7. The highest BCUT2D eigenvalue weighted by Crippen LogP contribution is 2.43. The second-order valence-corrected chi connectivity index (χ2v) is 6.74. The summed E-state index contributed by atoms with van der Waals surface area (Å²) in [5, 5.41) is 11.2. The number of carbonyl (C=O) groups is 3. The normalized spacial score (nSPS) is 19.2. The fourth-order valence-corrected chi connectivity index (χ4v) is 3.57. The third-order valence-electron chi connectivity index (χ3n) is 4.94. The van der Waals surface area contributed by atoms with Gasteiger partial charge in [0.25, 0.3) is 5.91 Å². The van der Waals surface area contributed by atoms with Crippen molar-refractivity contribution in [1.29, 1.82) is 0 Å². The summed E-state index contributed by atoms with van der Waals surface area (Å²) in [5.74, 6) is -0.803. The first-order chi connectivity index (χ1) is 13.9. The van der Waals surface area contributed by atoms with Gasteiger partial charge in [-0.15, -0.1) is 0 Å². The van der Waals surface area contributed by atoms with Gasteiger partial charge >= 0.3 is 5.97 Å². The number of esters is 1. The van der Waals surface area contributed by atoms with Gasteiger partial charge in [-0.2, -0.15) is 0 Å². The molecule has 4 rings (SSSR count). The Balaban J connectivity index is 1.63. The van der Waals surface area contributed by atoms with Crippen LogP contribution >= 0.6 is 0 Å². The van der Waals surface area contributed by atoms with Gasteiger partial charge in [-0.1, -0.05) is 18.2 Å². The summed E-state index contributed by atoms with van der Waals surface area (Å²) in [6.45, 7) is 1.57. The van der Waals surface area contributed by atoms with Gasteiger partial charge in [0.15, 0.2) is 22.9 Å². The second kappa shape index (κ2) is 7.21. The van der Waals surface area contributed by atoms with Crippen LogP contribution in [0.25, 0.3) is 0 Å². The highest BCUT2D eigenvalue weighted by atomic mass is 16.7. The summed E-state index contributed by atoms with van der Waals surface area (Å²) in [6.07, 6.45) is -0.470. The molecular weight excluding hydrogens is 378 g/mol. The topological polar surface area (TPSA) is 102 Å². The molecule has 1 N–H and O–H groups in total. The molecule has 1 amide bonds. The van der Waals surface area contributed by atoms with E-state index in [2.05, 4.69) is 0 Å². The number of rotatable bonds is 6. The maximum absolute atomic E-state index is 13.0. The van der Waals surface area contributed by atoms with Crippen molar-refractivity contribution in [3.63, 3.8) is 0 Å². The van der Waals surface area contributed by atoms with Crippen LogP contribution in [-0.2, 0) is 19.9 Å². The van der Waals surface area contributed by atoms with Gasteiger partial charge in [0.1, 0.15) is 6.54 Å². The quantitative estimate of drug-likeness (QED) is 0.586. The van der Waals surface area contributed by atoms with E-state index in [4.69, 9.17) is 14.2 Å². The highest BCUT2D eigenvalue weighted by molar-refractivity contribution is 6.12. The van der Waals surface area contributed by atoms with E-state index in [1.54, 1.807) is 43.3 Å². The molecule has 2 aliphatic heterocycles. The summed E-state index contributed by atoms with van der Waals surface area (Å²) >= 11 is 0. The van der Waals surface area contributed by atoms with Crippen LogP contribution in [0.3, 0.4) is 0 Å². The zero-order valence-electron chi connectivity index (χ0n) is 15.7. The van der Waals surface area contributed by atoms with Crippen molar-refractivity contribution in [3.05, 3.63) is 53.6 Å².